The number of alkyl halides is 1. The molecule has 1 N–H and O–H groups in total. The molecule has 4 unspecified atom stereocenters. The molecule has 2 nitrogen and oxygen atoms in total. The van der Waals surface area contributed by atoms with Gasteiger partial charge < -0.3 is 4.90 Å². The highest BCUT2D eigenvalue weighted by Crippen LogP contribution is 2.31. The molecule has 0 aromatic carbocycles. The van der Waals surface area contributed by atoms with E-state index >= 15 is 0 Å². The molecule has 1 aliphatic heterocycles. The largest absolute Gasteiger partial charge is 0.319 e. The average Bonchev–Trinajstić information content (AvgIpc) is 2.67. The van der Waals surface area contributed by atoms with Gasteiger partial charge in [0, 0.05) is 19.9 Å². The maximum atomic E-state index is 13.3. The van der Waals surface area contributed by atoms with E-state index in [-0.39, 0.29) is 0 Å². The number of rotatable bonds is 2. The van der Waals surface area contributed by atoms with Crippen LogP contribution in [0.25, 0.3) is 0 Å². The summed E-state index contributed by atoms with van der Waals surface area (Å²) in [6.45, 7) is 3.63. The van der Waals surface area contributed by atoms with Crippen molar-refractivity contribution in [3.05, 3.63) is 0 Å². The van der Waals surface area contributed by atoms with Crippen LogP contribution in [0, 0.1) is 5.92 Å². The molecule has 3 fully saturated rings. The molecule has 2 aliphatic carbocycles. The molecule has 3 rings (SSSR count). The number of quaternary nitrogens is 1. The van der Waals surface area contributed by atoms with Gasteiger partial charge in [0.05, 0.1) is 13.1 Å². The molecule has 0 bridgehead atoms. The maximum Gasteiger partial charge on any atom is 0.141 e. The van der Waals surface area contributed by atoms with E-state index in [0.717, 1.165) is 43.7 Å². The summed E-state index contributed by atoms with van der Waals surface area (Å²) < 4.78 is 13.3. The second kappa shape index (κ2) is 5.69. The minimum atomic E-state index is -0.511. The van der Waals surface area contributed by atoms with E-state index in [1.165, 1.54) is 32.2 Å². The third-order valence-corrected chi connectivity index (χ3v) is 6.14. The van der Waals surface area contributed by atoms with E-state index in [4.69, 9.17) is 0 Å². The Bertz CT molecular complexity index is 301. The fraction of sp³-hybridized carbons (Fsp3) is 1.00. The van der Waals surface area contributed by atoms with Gasteiger partial charge >= 0.3 is 0 Å². The molecule has 0 aromatic rings. The summed E-state index contributed by atoms with van der Waals surface area (Å²) in [6, 6.07) is 1.67. The van der Waals surface area contributed by atoms with Crippen molar-refractivity contribution in [3.8, 4) is 0 Å². The lowest BCUT2D eigenvalue weighted by Gasteiger charge is -2.33. The summed E-state index contributed by atoms with van der Waals surface area (Å²) in [4.78, 5) is 4.51. The molecule has 1 heterocycles. The molecule has 110 valence electrons. The lowest BCUT2D eigenvalue weighted by atomic mass is 9.86. The summed E-state index contributed by atoms with van der Waals surface area (Å²) in [6.07, 6.45) is 9.63. The van der Waals surface area contributed by atoms with Gasteiger partial charge in [-0.3, -0.25) is 0 Å². The van der Waals surface area contributed by atoms with Gasteiger partial charge in [-0.1, -0.05) is 6.42 Å². The summed E-state index contributed by atoms with van der Waals surface area (Å²) in [7, 11) is 2.38. The van der Waals surface area contributed by atoms with Crippen LogP contribution in [0.5, 0.6) is 0 Å². The number of hydrogen-bond acceptors (Lipinski definition) is 1. The van der Waals surface area contributed by atoms with Crippen molar-refractivity contribution < 1.29 is 9.29 Å². The maximum absolute atomic E-state index is 13.3. The Morgan fingerprint density at radius 2 is 1.74 bits per heavy atom. The third kappa shape index (κ3) is 2.69. The molecule has 0 amide bonds. The molecule has 4 atom stereocenters. The molecule has 3 aliphatic rings. The topological polar surface area (TPSA) is 7.68 Å². The molecular formula is C16H30FN2+. The number of halogens is 1. The molecule has 19 heavy (non-hydrogen) atoms. The normalized spacial score (nSPS) is 48.2. The minimum Gasteiger partial charge on any atom is -0.319 e. The number of hydrogen-bond donors (Lipinski definition) is 1. The molecule has 3 heteroatoms. The van der Waals surface area contributed by atoms with E-state index in [9.17, 15) is 4.39 Å². The molecule has 1 saturated heterocycles. The summed E-state index contributed by atoms with van der Waals surface area (Å²) in [5.41, 5.74) is 0. The van der Waals surface area contributed by atoms with Crippen LogP contribution in [0.4, 0.5) is 4.39 Å². The highest BCUT2D eigenvalue weighted by molar-refractivity contribution is 4.90. The Morgan fingerprint density at radius 1 is 1.05 bits per heavy atom. The predicted molar refractivity (Wildman–Crippen MR) is 76.0 cm³/mol. The smallest absolute Gasteiger partial charge is 0.141 e. The number of nitrogens with one attached hydrogen (secondary N) is 1. The fourth-order valence-corrected chi connectivity index (χ4v) is 4.79. The van der Waals surface area contributed by atoms with Crippen molar-refractivity contribution in [1.82, 2.24) is 4.90 Å². The zero-order valence-corrected chi connectivity index (χ0v) is 12.6. The first-order chi connectivity index (χ1) is 9.16. The molecule has 2 saturated carbocycles. The van der Waals surface area contributed by atoms with Gasteiger partial charge in [-0.2, -0.15) is 0 Å². The van der Waals surface area contributed by atoms with Crippen molar-refractivity contribution in [2.24, 2.45) is 5.92 Å². The second-order valence-corrected chi connectivity index (χ2v) is 7.19. The van der Waals surface area contributed by atoms with Gasteiger partial charge in [0.25, 0.3) is 0 Å². The Kier molecular flexibility index (Phi) is 4.14. The lowest BCUT2D eigenvalue weighted by molar-refractivity contribution is -0.921. The second-order valence-electron chi connectivity index (χ2n) is 7.19. The first kappa shape index (κ1) is 13.8. The number of fused-ring (bicyclic) bond motifs is 1. The van der Waals surface area contributed by atoms with E-state index in [1.54, 1.807) is 4.90 Å². The van der Waals surface area contributed by atoms with Crippen LogP contribution >= 0.6 is 0 Å². The standard InChI is InChI=1S/C16H29FN2/c1-12-18(2)15-5-3-4-6-16(15)19(12)11-13-7-9-14(17)10-8-13/h12-16H,3-11H2,1-2H3/p+1. The monoisotopic (exact) mass is 269 g/mol. The molecule has 0 aromatic heterocycles. The first-order valence-corrected chi connectivity index (χ1v) is 8.40. The molecule has 0 radical (unpaired) electrons. The molecule has 0 spiro atoms. The predicted octanol–water partition coefficient (Wildman–Crippen LogP) is 2.00. The summed E-state index contributed by atoms with van der Waals surface area (Å²) in [5, 5.41) is 0. The van der Waals surface area contributed by atoms with E-state index in [1.807, 2.05) is 0 Å². The Labute approximate surface area is 117 Å². The van der Waals surface area contributed by atoms with Crippen LogP contribution in [0.2, 0.25) is 0 Å². The van der Waals surface area contributed by atoms with Crippen molar-refractivity contribution in [1.29, 1.82) is 0 Å². The van der Waals surface area contributed by atoms with Gasteiger partial charge in [-0.15, -0.1) is 0 Å². The van der Waals surface area contributed by atoms with Crippen molar-refractivity contribution >= 4 is 0 Å². The summed E-state index contributed by atoms with van der Waals surface area (Å²) in [5.74, 6) is 0.753. The van der Waals surface area contributed by atoms with E-state index < -0.39 is 6.17 Å². The quantitative estimate of drug-likeness (QED) is 0.806. The Balaban J connectivity index is 1.62. The van der Waals surface area contributed by atoms with Gasteiger partial charge in [0.15, 0.2) is 0 Å². The minimum absolute atomic E-state index is 0.511. The third-order valence-electron chi connectivity index (χ3n) is 6.14. The fourth-order valence-electron chi connectivity index (χ4n) is 4.79. The van der Waals surface area contributed by atoms with Gasteiger partial charge in [0.2, 0.25) is 0 Å². The van der Waals surface area contributed by atoms with Gasteiger partial charge in [0.1, 0.15) is 18.4 Å². The van der Waals surface area contributed by atoms with E-state index in [0.29, 0.717) is 6.17 Å². The highest BCUT2D eigenvalue weighted by Gasteiger charge is 2.48. The van der Waals surface area contributed by atoms with Crippen LogP contribution < -0.4 is 4.90 Å². The van der Waals surface area contributed by atoms with Crippen molar-refractivity contribution in [2.45, 2.75) is 82.7 Å². The number of nitrogens with zero attached hydrogens (tertiary/aromatic N) is 1. The van der Waals surface area contributed by atoms with Gasteiger partial charge in [-0.25, -0.2) is 9.29 Å². The highest BCUT2D eigenvalue weighted by atomic mass is 19.1. The Morgan fingerprint density at radius 3 is 2.47 bits per heavy atom. The van der Waals surface area contributed by atoms with Crippen LogP contribution in [0.15, 0.2) is 0 Å². The Hall–Kier alpha value is -0.150. The molecular weight excluding hydrogens is 239 g/mol. The summed E-state index contributed by atoms with van der Waals surface area (Å²) >= 11 is 0. The van der Waals surface area contributed by atoms with Gasteiger partial charge in [-0.05, 0) is 44.4 Å². The van der Waals surface area contributed by atoms with Crippen LogP contribution in [-0.4, -0.2) is 42.9 Å². The SMILES string of the molecule is CC1N(CC2CCC(F)CC2)C2CCCCC2[NH+]1C. The zero-order chi connectivity index (χ0) is 13.4. The number of likely N-dealkylation sites (N-methyl/N-ethyl adjacent to an activating group) is 1. The van der Waals surface area contributed by atoms with Crippen molar-refractivity contribution in [2.75, 3.05) is 13.6 Å². The lowest BCUT2D eigenvalue weighted by Crippen LogP contribution is -3.15. The average molecular weight is 269 g/mol. The van der Waals surface area contributed by atoms with Crippen LogP contribution in [0.3, 0.4) is 0 Å². The van der Waals surface area contributed by atoms with Crippen molar-refractivity contribution in [3.63, 3.8) is 0 Å². The van der Waals surface area contributed by atoms with Crippen LogP contribution in [0.1, 0.15) is 58.3 Å². The zero-order valence-electron chi connectivity index (χ0n) is 12.6. The van der Waals surface area contributed by atoms with Crippen LogP contribution in [-0.2, 0) is 0 Å². The first-order valence-electron chi connectivity index (χ1n) is 8.40. The van der Waals surface area contributed by atoms with E-state index in [2.05, 4.69) is 18.9 Å².